The Morgan fingerprint density at radius 3 is 0.950 bits per heavy atom. The quantitative estimate of drug-likeness (QED) is 0.480. The van der Waals surface area contributed by atoms with Gasteiger partial charge in [0, 0.05) is 14.2 Å². The van der Waals surface area contributed by atoms with Gasteiger partial charge in [-0.2, -0.15) is 0 Å². The summed E-state index contributed by atoms with van der Waals surface area (Å²) in [5.41, 5.74) is -1.47. The Labute approximate surface area is 126 Å². The number of hydrogen-bond acceptors (Lipinski definition) is 4. The van der Waals surface area contributed by atoms with Gasteiger partial charge in [-0.1, -0.05) is 0 Å². The first-order valence-electron chi connectivity index (χ1n) is 7.21. The lowest BCUT2D eigenvalue weighted by Crippen LogP contribution is -2.52. The van der Waals surface area contributed by atoms with Crippen LogP contribution in [0.1, 0.15) is 55.4 Å². The van der Waals surface area contributed by atoms with Gasteiger partial charge < -0.3 is 18.8 Å². The third kappa shape index (κ3) is 4.76. The van der Waals surface area contributed by atoms with Crippen LogP contribution in [0.25, 0.3) is 0 Å². The monoisotopic (exact) mass is 286 g/mol. The second kappa shape index (κ2) is 6.82. The summed E-state index contributed by atoms with van der Waals surface area (Å²) in [5, 5.41) is 0. The Hall–Kier alpha value is -0.0301. The molecule has 0 saturated carbocycles. The maximum atomic E-state index is 5.94. The lowest BCUT2D eigenvalue weighted by Gasteiger charge is -2.42. The molecule has 4 nitrogen and oxygen atoms in total. The zero-order valence-corrected chi connectivity index (χ0v) is 15.0. The van der Waals surface area contributed by atoms with Crippen LogP contribution in [-0.2, 0) is 18.8 Å². The maximum absolute atomic E-state index is 5.94. The second-order valence-electron chi connectivity index (χ2n) is 7.15. The van der Waals surface area contributed by atoms with Crippen molar-refractivity contribution in [3.63, 3.8) is 0 Å². The average Bonchev–Trinajstić information content (AvgIpc) is 2.34. The van der Waals surface area contributed by atoms with Gasteiger partial charge in [0.05, 0.1) is 22.4 Å². The van der Waals surface area contributed by atoms with Crippen LogP contribution in [-0.4, -0.2) is 51.4 Å². The van der Waals surface area contributed by atoms with E-state index in [2.05, 4.69) is 0 Å². The van der Waals surface area contributed by atoms with Crippen LogP contribution in [0.15, 0.2) is 0 Å². The summed E-state index contributed by atoms with van der Waals surface area (Å²) in [5.74, 6) is 0. The van der Waals surface area contributed by atoms with Crippen molar-refractivity contribution < 1.29 is 18.8 Å². The van der Waals surface area contributed by atoms with E-state index in [1.165, 1.54) is 0 Å². The molecule has 0 spiro atoms. The zero-order valence-electron chi connectivity index (χ0n) is 15.0. The van der Waals surface area contributed by atoms with E-state index in [9.17, 15) is 0 Å². The van der Waals surface area contributed by atoms with Crippen LogP contribution >= 0.6 is 0 Å². The number of hydrogen-bond donors (Lipinski definition) is 0. The van der Waals surface area contributed by atoms with Gasteiger partial charge in [-0.05, 0) is 55.4 Å². The molecule has 6 heteroatoms. The Balaban J connectivity index is 4.35. The van der Waals surface area contributed by atoms with Crippen molar-refractivity contribution in [3.05, 3.63) is 0 Å². The predicted octanol–water partition coefficient (Wildman–Crippen LogP) is 2.04. The predicted molar refractivity (Wildman–Crippen MR) is 86.8 cm³/mol. The van der Waals surface area contributed by atoms with Gasteiger partial charge in [-0.25, -0.2) is 0 Å². The summed E-state index contributed by atoms with van der Waals surface area (Å²) in [6, 6.07) is 0. The molecule has 0 aliphatic rings. The summed E-state index contributed by atoms with van der Waals surface area (Å²) in [6.45, 7) is 16.2. The van der Waals surface area contributed by atoms with E-state index in [-0.39, 0.29) is 22.4 Å². The Morgan fingerprint density at radius 1 is 0.500 bits per heavy atom. The zero-order chi connectivity index (χ0) is 16.2. The first-order valence-corrected chi connectivity index (χ1v) is 7.21. The van der Waals surface area contributed by atoms with Crippen LogP contribution in [0.5, 0.6) is 0 Å². The van der Waals surface area contributed by atoms with Crippen molar-refractivity contribution in [2.24, 2.45) is 0 Å². The van der Waals surface area contributed by atoms with Gasteiger partial charge in [0.25, 0.3) is 14.7 Å². The normalized spacial score (nSPS) is 14.3. The van der Waals surface area contributed by atoms with Crippen LogP contribution in [0, 0.1) is 0 Å². The molecule has 0 aromatic rings. The summed E-state index contributed by atoms with van der Waals surface area (Å²) >= 11 is 0. The van der Waals surface area contributed by atoms with E-state index in [0.29, 0.717) is 14.7 Å². The number of methoxy groups -OCH3 is 2. The van der Waals surface area contributed by atoms with Crippen molar-refractivity contribution in [1.82, 2.24) is 0 Å². The first-order chi connectivity index (χ1) is 8.83. The first kappa shape index (κ1) is 20.0. The summed E-state index contributed by atoms with van der Waals surface area (Å²) in [4.78, 5) is 0. The van der Waals surface area contributed by atoms with Gasteiger partial charge in [-0.3, -0.25) is 0 Å². The standard InChI is InChI=1S/C14H32B2O4/c1-11(2,17-9)13(5,6)19-15-16-20-14(7,8)12(3,4)18-10/h15-16H,1-10H3. The molecule has 0 aromatic heterocycles. The highest BCUT2D eigenvalue weighted by Crippen LogP contribution is 2.29. The highest BCUT2D eigenvalue weighted by Gasteiger charge is 2.40. The highest BCUT2D eigenvalue weighted by molar-refractivity contribution is 6.93. The van der Waals surface area contributed by atoms with Gasteiger partial charge in [0.2, 0.25) is 0 Å². The minimum absolute atomic E-state index is 0.353. The van der Waals surface area contributed by atoms with Crippen molar-refractivity contribution in [2.45, 2.75) is 77.8 Å². The molecule has 0 unspecified atom stereocenters. The minimum atomic E-state index is -0.383. The smallest absolute Gasteiger partial charge is 0.272 e. The molecular weight excluding hydrogens is 254 g/mol. The minimum Gasteiger partial charge on any atom is -0.438 e. The molecule has 0 atom stereocenters. The molecule has 0 amide bonds. The molecule has 0 rings (SSSR count). The van der Waals surface area contributed by atoms with Crippen LogP contribution in [0.2, 0.25) is 0 Å². The molecule has 0 aliphatic heterocycles. The molecule has 20 heavy (non-hydrogen) atoms. The molecule has 118 valence electrons. The SMILES string of the molecule is COC(C)(C)C(C)(C)OBBOC(C)(C)C(C)(C)OC. The van der Waals surface area contributed by atoms with Crippen molar-refractivity contribution in [2.75, 3.05) is 14.2 Å². The van der Waals surface area contributed by atoms with Crippen molar-refractivity contribution >= 4 is 14.7 Å². The number of rotatable bonds is 9. The van der Waals surface area contributed by atoms with Crippen molar-refractivity contribution in [1.29, 1.82) is 0 Å². The molecular formula is C14H32B2O4. The van der Waals surface area contributed by atoms with Crippen LogP contribution in [0.4, 0.5) is 0 Å². The maximum Gasteiger partial charge on any atom is 0.272 e. The molecule has 0 heterocycles. The highest BCUT2D eigenvalue weighted by atomic mass is 16.5. The van der Waals surface area contributed by atoms with E-state index in [0.717, 1.165) is 0 Å². The lowest BCUT2D eigenvalue weighted by atomic mass is 9.62. The summed E-state index contributed by atoms with van der Waals surface area (Å²) in [6.07, 6.45) is 0. The lowest BCUT2D eigenvalue weighted by molar-refractivity contribution is -0.118. The van der Waals surface area contributed by atoms with E-state index in [4.69, 9.17) is 18.8 Å². The number of ether oxygens (including phenoxy) is 2. The Kier molecular flexibility index (Phi) is 6.81. The van der Waals surface area contributed by atoms with E-state index < -0.39 is 0 Å². The van der Waals surface area contributed by atoms with E-state index >= 15 is 0 Å². The molecule has 0 aliphatic carbocycles. The largest absolute Gasteiger partial charge is 0.438 e. The summed E-state index contributed by atoms with van der Waals surface area (Å²) in [7, 11) is 4.43. The third-order valence-electron chi connectivity index (χ3n) is 4.93. The van der Waals surface area contributed by atoms with E-state index in [1.807, 2.05) is 55.4 Å². The van der Waals surface area contributed by atoms with Gasteiger partial charge in [-0.15, -0.1) is 0 Å². The fourth-order valence-electron chi connectivity index (χ4n) is 1.43. The summed E-state index contributed by atoms with van der Waals surface area (Å²) < 4.78 is 22.8. The second-order valence-corrected chi connectivity index (χ2v) is 7.15. The molecule has 0 radical (unpaired) electrons. The molecule has 0 fully saturated rings. The topological polar surface area (TPSA) is 36.9 Å². The van der Waals surface area contributed by atoms with Crippen LogP contribution in [0.3, 0.4) is 0 Å². The molecule has 0 bridgehead atoms. The van der Waals surface area contributed by atoms with Crippen LogP contribution < -0.4 is 0 Å². The van der Waals surface area contributed by atoms with Gasteiger partial charge >= 0.3 is 0 Å². The molecule has 0 aromatic carbocycles. The van der Waals surface area contributed by atoms with Gasteiger partial charge in [0.1, 0.15) is 0 Å². The fourth-order valence-corrected chi connectivity index (χ4v) is 1.43. The molecule has 0 saturated heterocycles. The Morgan fingerprint density at radius 2 is 0.750 bits per heavy atom. The third-order valence-corrected chi connectivity index (χ3v) is 4.93. The van der Waals surface area contributed by atoms with Gasteiger partial charge in [0.15, 0.2) is 0 Å². The van der Waals surface area contributed by atoms with E-state index in [1.54, 1.807) is 14.2 Å². The fraction of sp³-hybridized carbons (Fsp3) is 1.00. The average molecular weight is 286 g/mol. The molecule has 0 N–H and O–H groups in total. The van der Waals surface area contributed by atoms with Crippen molar-refractivity contribution in [3.8, 4) is 0 Å². The Bertz CT molecular complexity index is 272.